The van der Waals surface area contributed by atoms with Gasteiger partial charge in [-0.15, -0.1) is 0 Å². The summed E-state index contributed by atoms with van der Waals surface area (Å²) < 4.78 is 13.5. The van der Waals surface area contributed by atoms with Crippen LogP contribution in [-0.4, -0.2) is 17.3 Å². The van der Waals surface area contributed by atoms with Gasteiger partial charge in [-0.1, -0.05) is 12.1 Å². The van der Waals surface area contributed by atoms with Crippen molar-refractivity contribution in [3.8, 4) is 0 Å². The van der Waals surface area contributed by atoms with E-state index in [1.54, 1.807) is 6.07 Å². The summed E-state index contributed by atoms with van der Waals surface area (Å²) in [7, 11) is 0. The Labute approximate surface area is 89.1 Å². The molecule has 15 heavy (non-hydrogen) atoms. The van der Waals surface area contributed by atoms with Crippen LogP contribution in [0, 0.1) is 12.7 Å². The second kappa shape index (κ2) is 4.19. The van der Waals surface area contributed by atoms with Gasteiger partial charge in [-0.05, 0) is 37.8 Å². The molecule has 82 valence electrons. The van der Waals surface area contributed by atoms with Crippen LogP contribution in [0.2, 0.25) is 0 Å². The number of aliphatic hydroxyl groups excluding tert-OH is 1. The van der Waals surface area contributed by atoms with Gasteiger partial charge in [0.2, 0.25) is 0 Å². The lowest BCUT2D eigenvalue weighted by Gasteiger charge is -2.19. The first kappa shape index (κ1) is 10.4. The Morgan fingerprint density at radius 1 is 1.40 bits per heavy atom. The average molecular weight is 209 g/mol. The highest BCUT2D eigenvalue weighted by Crippen LogP contribution is 2.26. The minimum Gasteiger partial charge on any atom is -0.391 e. The smallest absolute Gasteiger partial charge is 0.146 e. The third-order valence-electron chi connectivity index (χ3n) is 3.03. The topological polar surface area (TPSA) is 32.3 Å². The third-order valence-corrected chi connectivity index (χ3v) is 3.03. The van der Waals surface area contributed by atoms with E-state index in [0.29, 0.717) is 5.69 Å². The lowest BCUT2D eigenvalue weighted by Crippen LogP contribution is -2.28. The van der Waals surface area contributed by atoms with Crippen molar-refractivity contribution in [1.29, 1.82) is 0 Å². The number of nitrogens with one attached hydrogen (secondary N) is 1. The lowest BCUT2D eigenvalue weighted by molar-refractivity contribution is 0.171. The molecule has 0 aliphatic heterocycles. The van der Waals surface area contributed by atoms with Gasteiger partial charge in [0, 0.05) is 0 Å². The number of para-hydroxylation sites is 1. The number of hydrogen-bond donors (Lipinski definition) is 2. The van der Waals surface area contributed by atoms with E-state index in [4.69, 9.17) is 0 Å². The summed E-state index contributed by atoms with van der Waals surface area (Å²) in [6.07, 6.45) is 2.39. The van der Waals surface area contributed by atoms with Gasteiger partial charge in [0.05, 0.1) is 17.8 Å². The summed E-state index contributed by atoms with van der Waals surface area (Å²) in [6.45, 7) is 1.87. The van der Waals surface area contributed by atoms with Crippen molar-refractivity contribution in [3.63, 3.8) is 0 Å². The molecule has 1 aliphatic rings. The molecular weight excluding hydrogens is 193 g/mol. The Bertz CT molecular complexity index is 333. The molecule has 2 nitrogen and oxygen atoms in total. The summed E-state index contributed by atoms with van der Waals surface area (Å²) in [5.74, 6) is -0.242. The van der Waals surface area contributed by atoms with Crippen LogP contribution in [0.3, 0.4) is 0 Å². The van der Waals surface area contributed by atoms with Crippen LogP contribution in [0.1, 0.15) is 24.8 Å². The van der Waals surface area contributed by atoms with E-state index in [1.807, 2.05) is 13.0 Å². The van der Waals surface area contributed by atoms with Crippen LogP contribution in [0.15, 0.2) is 18.2 Å². The maximum Gasteiger partial charge on any atom is 0.146 e. The maximum atomic E-state index is 13.5. The third kappa shape index (κ3) is 2.12. The van der Waals surface area contributed by atoms with E-state index in [9.17, 15) is 9.50 Å². The molecule has 0 bridgehead atoms. The van der Waals surface area contributed by atoms with E-state index < -0.39 is 0 Å². The Morgan fingerprint density at radius 2 is 2.20 bits per heavy atom. The highest BCUT2D eigenvalue weighted by atomic mass is 19.1. The first-order chi connectivity index (χ1) is 7.18. The molecule has 0 amide bonds. The van der Waals surface area contributed by atoms with Crippen molar-refractivity contribution in [3.05, 3.63) is 29.6 Å². The first-order valence-electron chi connectivity index (χ1n) is 5.38. The van der Waals surface area contributed by atoms with E-state index in [2.05, 4.69) is 5.32 Å². The molecule has 3 heteroatoms. The second-order valence-corrected chi connectivity index (χ2v) is 4.18. The van der Waals surface area contributed by atoms with Gasteiger partial charge in [0.1, 0.15) is 5.82 Å². The number of rotatable bonds is 2. The standard InChI is InChI=1S/C12H16FNO/c1-8-4-2-5-9(13)12(8)14-10-6-3-7-11(10)15/h2,4-5,10-11,14-15H,3,6-7H2,1H3/t10-,11-/m0/s1. The van der Waals surface area contributed by atoms with Crippen LogP contribution < -0.4 is 5.32 Å². The molecule has 2 atom stereocenters. The first-order valence-corrected chi connectivity index (χ1v) is 5.38. The molecule has 2 rings (SSSR count). The fourth-order valence-corrected chi connectivity index (χ4v) is 2.11. The van der Waals surface area contributed by atoms with Crippen LogP contribution in [-0.2, 0) is 0 Å². The van der Waals surface area contributed by atoms with Crippen molar-refractivity contribution < 1.29 is 9.50 Å². The SMILES string of the molecule is Cc1cccc(F)c1N[C@H]1CCC[C@@H]1O. The highest BCUT2D eigenvalue weighted by Gasteiger charge is 2.25. The van der Waals surface area contributed by atoms with Crippen molar-refractivity contribution in [2.24, 2.45) is 0 Å². The molecule has 0 unspecified atom stereocenters. The normalized spacial score (nSPS) is 25.5. The van der Waals surface area contributed by atoms with E-state index in [0.717, 1.165) is 24.8 Å². The summed E-state index contributed by atoms with van der Waals surface area (Å²) in [4.78, 5) is 0. The molecule has 1 fully saturated rings. The van der Waals surface area contributed by atoms with Gasteiger partial charge in [-0.25, -0.2) is 4.39 Å². The van der Waals surface area contributed by atoms with Gasteiger partial charge in [-0.2, -0.15) is 0 Å². The van der Waals surface area contributed by atoms with Gasteiger partial charge in [0.25, 0.3) is 0 Å². The lowest BCUT2D eigenvalue weighted by atomic mass is 10.1. The molecule has 2 N–H and O–H groups in total. The van der Waals surface area contributed by atoms with Crippen molar-refractivity contribution in [2.45, 2.75) is 38.3 Å². The number of benzene rings is 1. The number of anilines is 1. The Kier molecular flexibility index (Phi) is 2.91. The van der Waals surface area contributed by atoms with Crippen LogP contribution in [0.5, 0.6) is 0 Å². The number of hydrogen-bond acceptors (Lipinski definition) is 2. The molecule has 0 radical (unpaired) electrons. The van der Waals surface area contributed by atoms with E-state index in [-0.39, 0.29) is 18.0 Å². The minimum absolute atomic E-state index is 0.000556. The summed E-state index contributed by atoms with van der Waals surface area (Å²) in [5.41, 5.74) is 1.41. The Hall–Kier alpha value is -1.09. The van der Waals surface area contributed by atoms with Crippen molar-refractivity contribution in [2.75, 3.05) is 5.32 Å². The van der Waals surface area contributed by atoms with Crippen molar-refractivity contribution >= 4 is 5.69 Å². The van der Waals surface area contributed by atoms with Gasteiger partial charge in [0.15, 0.2) is 0 Å². The quantitative estimate of drug-likeness (QED) is 0.784. The number of aliphatic hydroxyl groups is 1. The predicted molar refractivity (Wildman–Crippen MR) is 58.4 cm³/mol. The van der Waals surface area contributed by atoms with Crippen LogP contribution in [0.4, 0.5) is 10.1 Å². The van der Waals surface area contributed by atoms with Gasteiger partial charge in [-0.3, -0.25) is 0 Å². The molecule has 0 heterocycles. The summed E-state index contributed by atoms with van der Waals surface area (Å²) >= 11 is 0. The fraction of sp³-hybridized carbons (Fsp3) is 0.500. The van der Waals surface area contributed by atoms with E-state index >= 15 is 0 Å². The van der Waals surface area contributed by atoms with Crippen molar-refractivity contribution in [1.82, 2.24) is 0 Å². The molecule has 1 aliphatic carbocycles. The fourth-order valence-electron chi connectivity index (χ4n) is 2.11. The number of halogens is 1. The molecule has 0 aromatic heterocycles. The molecule has 1 aromatic carbocycles. The zero-order valence-corrected chi connectivity index (χ0v) is 8.83. The minimum atomic E-state index is -0.344. The van der Waals surface area contributed by atoms with Gasteiger partial charge < -0.3 is 10.4 Å². The second-order valence-electron chi connectivity index (χ2n) is 4.18. The molecule has 1 saturated carbocycles. The molecule has 0 spiro atoms. The number of aryl methyl sites for hydroxylation is 1. The maximum absolute atomic E-state index is 13.5. The molecule has 1 aromatic rings. The molecule has 0 saturated heterocycles. The summed E-state index contributed by atoms with van der Waals surface area (Å²) in [5, 5.41) is 12.7. The zero-order chi connectivity index (χ0) is 10.8. The zero-order valence-electron chi connectivity index (χ0n) is 8.83. The predicted octanol–water partition coefficient (Wildman–Crippen LogP) is 2.46. The van der Waals surface area contributed by atoms with E-state index in [1.165, 1.54) is 6.07 Å². The summed E-state index contributed by atoms with van der Waals surface area (Å²) in [6, 6.07) is 5.00. The monoisotopic (exact) mass is 209 g/mol. The molecular formula is C12H16FNO. The van der Waals surface area contributed by atoms with Gasteiger partial charge >= 0.3 is 0 Å². The highest BCUT2D eigenvalue weighted by molar-refractivity contribution is 5.52. The van der Waals surface area contributed by atoms with Crippen LogP contribution >= 0.6 is 0 Å². The Morgan fingerprint density at radius 3 is 2.80 bits per heavy atom. The van der Waals surface area contributed by atoms with Crippen LogP contribution in [0.25, 0.3) is 0 Å². The average Bonchev–Trinajstić information content (AvgIpc) is 2.58. The Balaban J connectivity index is 2.16. The largest absolute Gasteiger partial charge is 0.391 e.